The molecular formula is C13H18N6O2. The Morgan fingerprint density at radius 2 is 2.24 bits per heavy atom. The van der Waals surface area contributed by atoms with Crippen LogP contribution in [0.2, 0.25) is 0 Å². The molecule has 0 spiro atoms. The van der Waals surface area contributed by atoms with Crippen molar-refractivity contribution in [2.24, 2.45) is 5.84 Å². The molecule has 2 aromatic rings. The van der Waals surface area contributed by atoms with Crippen LogP contribution in [0, 0.1) is 0 Å². The van der Waals surface area contributed by atoms with Gasteiger partial charge in [0.2, 0.25) is 5.89 Å². The highest BCUT2D eigenvalue weighted by molar-refractivity contribution is 5.95. The smallest absolute Gasteiger partial charge is 0.251 e. The van der Waals surface area contributed by atoms with E-state index in [2.05, 4.69) is 25.9 Å². The van der Waals surface area contributed by atoms with E-state index in [0.717, 1.165) is 5.69 Å². The molecule has 0 aliphatic carbocycles. The summed E-state index contributed by atoms with van der Waals surface area (Å²) in [5, 5.41) is 6.29. The average molecular weight is 290 g/mol. The number of rotatable bonds is 6. The maximum Gasteiger partial charge on any atom is 0.251 e. The summed E-state index contributed by atoms with van der Waals surface area (Å²) in [6, 6.07) is 3.36. The van der Waals surface area contributed by atoms with Crippen LogP contribution in [0.3, 0.4) is 0 Å². The first-order chi connectivity index (χ1) is 10.1. The van der Waals surface area contributed by atoms with Crippen LogP contribution in [0.4, 0.5) is 5.82 Å². The van der Waals surface area contributed by atoms with E-state index in [1.165, 1.54) is 6.33 Å². The Kier molecular flexibility index (Phi) is 4.83. The van der Waals surface area contributed by atoms with Crippen molar-refractivity contribution in [3.8, 4) is 0 Å². The van der Waals surface area contributed by atoms with Crippen LogP contribution in [0.5, 0.6) is 0 Å². The number of hydrogen-bond acceptors (Lipinski definition) is 7. The summed E-state index contributed by atoms with van der Waals surface area (Å²) in [7, 11) is 0. The fourth-order valence-corrected chi connectivity index (χ4v) is 1.74. The van der Waals surface area contributed by atoms with Crippen LogP contribution < -0.4 is 16.6 Å². The van der Waals surface area contributed by atoms with Crippen LogP contribution in [0.15, 0.2) is 23.0 Å². The molecule has 0 unspecified atom stereocenters. The molecule has 4 N–H and O–H groups in total. The molecule has 2 heterocycles. The number of nitrogens with one attached hydrogen (secondary N) is 2. The SMILES string of the molecule is CC(C)c1cc(C(=O)NCCc2ncno2)cc(NN)n1. The average Bonchev–Trinajstić information content (AvgIpc) is 2.99. The quantitative estimate of drug-likeness (QED) is 0.533. The van der Waals surface area contributed by atoms with Crippen LogP contribution in [-0.4, -0.2) is 27.6 Å². The molecule has 8 nitrogen and oxygen atoms in total. The largest absolute Gasteiger partial charge is 0.352 e. The number of carbonyl (C=O) groups excluding carboxylic acids is 1. The summed E-state index contributed by atoms with van der Waals surface area (Å²) < 4.78 is 4.86. The number of carbonyl (C=O) groups is 1. The van der Waals surface area contributed by atoms with Crippen molar-refractivity contribution < 1.29 is 9.32 Å². The molecule has 21 heavy (non-hydrogen) atoms. The molecule has 0 aliphatic heterocycles. The summed E-state index contributed by atoms with van der Waals surface area (Å²) in [6.07, 6.45) is 1.81. The minimum Gasteiger partial charge on any atom is -0.352 e. The van der Waals surface area contributed by atoms with E-state index in [-0.39, 0.29) is 11.8 Å². The van der Waals surface area contributed by atoms with Crippen molar-refractivity contribution in [3.05, 3.63) is 35.6 Å². The van der Waals surface area contributed by atoms with Gasteiger partial charge in [0, 0.05) is 24.2 Å². The van der Waals surface area contributed by atoms with Crippen LogP contribution in [-0.2, 0) is 6.42 Å². The van der Waals surface area contributed by atoms with Crippen molar-refractivity contribution in [2.45, 2.75) is 26.2 Å². The molecular weight excluding hydrogens is 272 g/mol. The minimum absolute atomic E-state index is 0.197. The highest BCUT2D eigenvalue weighted by atomic mass is 16.5. The number of hydrazine groups is 1. The number of nitrogens with two attached hydrogens (primary N) is 1. The zero-order valence-corrected chi connectivity index (χ0v) is 12.0. The van der Waals surface area contributed by atoms with E-state index in [4.69, 9.17) is 10.4 Å². The maximum absolute atomic E-state index is 12.1. The predicted molar refractivity (Wildman–Crippen MR) is 76.5 cm³/mol. The van der Waals surface area contributed by atoms with Gasteiger partial charge in [-0.3, -0.25) is 4.79 Å². The van der Waals surface area contributed by atoms with Gasteiger partial charge >= 0.3 is 0 Å². The first-order valence-corrected chi connectivity index (χ1v) is 6.62. The second-order valence-electron chi connectivity index (χ2n) is 4.81. The highest BCUT2D eigenvalue weighted by Gasteiger charge is 2.11. The van der Waals surface area contributed by atoms with E-state index >= 15 is 0 Å². The van der Waals surface area contributed by atoms with E-state index < -0.39 is 0 Å². The standard InChI is InChI=1S/C13H18N6O2/c1-8(2)10-5-9(6-11(18-10)19-14)13(20)15-4-3-12-16-7-17-21-12/h5-8H,3-4,14H2,1-2H3,(H,15,20)(H,18,19). The number of pyridine rings is 1. The Morgan fingerprint density at radius 1 is 1.43 bits per heavy atom. The van der Waals surface area contributed by atoms with Crippen LogP contribution >= 0.6 is 0 Å². The highest BCUT2D eigenvalue weighted by Crippen LogP contribution is 2.17. The van der Waals surface area contributed by atoms with Crippen LogP contribution in [0.1, 0.15) is 41.7 Å². The molecule has 0 atom stereocenters. The second-order valence-corrected chi connectivity index (χ2v) is 4.81. The molecule has 0 radical (unpaired) electrons. The van der Waals surface area contributed by atoms with Crippen molar-refractivity contribution in [3.63, 3.8) is 0 Å². The summed E-state index contributed by atoms with van der Waals surface area (Å²) in [6.45, 7) is 4.41. The molecule has 0 saturated heterocycles. The van der Waals surface area contributed by atoms with Gasteiger partial charge in [0.25, 0.3) is 5.91 Å². The number of hydrogen-bond donors (Lipinski definition) is 3. The fraction of sp³-hybridized carbons (Fsp3) is 0.385. The first-order valence-electron chi connectivity index (χ1n) is 6.62. The van der Waals surface area contributed by atoms with E-state index in [1.807, 2.05) is 13.8 Å². The Morgan fingerprint density at radius 3 is 2.86 bits per heavy atom. The van der Waals surface area contributed by atoms with Gasteiger partial charge in [0.05, 0.1) is 0 Å². The zero-order valence-electron chi connectivity index (χ0n) is 12.0. The molecule has 0 fully saturated rings. The molecule has 0 bridgehead atoms. The molecule has 2 aromatic heterocycles. The maximum atomic E-state index is 12.1. The lowest BCUT2D eigenvalue weighted by atomic mass is 10.1. The fourth-order valence-electron chi connectivity index (χ4n) is 1.74. The normalized spacial score (nSPS) is 10.7. The Bertz CT molecular complexity index is 597. The molecule has 2 rings (SSSR count). The van der Waals surface area contributed by atoms with Crippen molar-refractivity contribution in [1.82, 2.24) is 20.4 Å². The number of aromatic nitrogens is 3. The van der Waals surface area contributed by atoms with Crippen molar-refractivity contribution >= 4 is 11.7 Å². The second kappa shape index (κ2) is 6.80. The van der Waals surface area contributed by atoms with E-state index in [1.54, 1.807) is 12.1 Å². The Balaban J connectivity index is 2.02. The summed E-state index contributed by atoms with van der Waals surface area (Å²) in [5.41, 5.74) is 3.78. The number of amides is 1. The number of anilines is 1. The lowest BCUT2D eigenvalue weighted by Crippen LogP contribution is -2.26. The third-order valence-electron chi connectivity index (χ3n) is 2.88. The molecule has 8 heteroatoms. The number of nitrogens with zero attached hydrogens (tertiary/aromatic N) is 3. The molecule has 0 aromatic carbocycles. The van der Waals surface area contributed by atoms with Crippen molar-refractivity contribution in [1.29, 1.82) is 0 Å². The predicted octanol–water partition coefficient (Wildman–Crippen LogP) is 0.846. The summed E-state index contributed by atoms with van der Waals surface area (Å²) >= 11 is 0. The Labute approximate surface area is 122 Å². The first kappa shape index (κ1) is 14.9. The van der Waals surface area contributed by atoms with E-state index in [9.17, 15) is 4.79 Å². The van der Waals surface area contributed by atoms with Gasteiger partial charge in [-0.2, -0.15) is 4.98 Å². The molecule has 112 valence electrons. The third-order valence-corrected chi connectivity index (χ3v) is 2.88. The molecule has 1 amide bonds. The third kappa shape index (κ3) is 3.99. The lowest BCUT2D eigenvalue weighted by Gasteiger charge is -2.10. The molecule has 0 aliphatic rings. The Hall–Kier alpha value is -2.48. The van der Waals surface area contributed by atoms with Gasteiger partial charge < -0.3 is 15.3 Å². The van der Waals surface area contributed by atoms with Gasteiger partial charge in [-0.25, -0.2) is 10.8 Å². The molecule has 0 saturated carbocycles. The van der Waals surface area contributed by atoms with E-state index in [0.29, 0.717) is 30.2 Å². The topological polar surface area (TPSA) is 119 Å². The van der Waals surface area contributed by atoms with Crippen LogP contribution in [0.25, 0.3) is 0 Å². The van der Waals surface area contributed by atoms with Crippen molar-refractivity contribution in [2.75, 3.05) is 12.0 Å². The summed E-state index contributed by atoms with van der Waals surface area (Å²) in [4.78, 5) is 20.3. The summed E-state index contributed by atoms with van der Waals surface area (Å²) in [5.74, 6) is 6.32. The van der Waals surface area contributed by atoms with Gasteiger partial charge in [-0.05, 0) is 18.1 Å². The zero-order chi connectivity index (χ0) is 15.2. The lowest BCUT2D eigenvalue weighted by molar-refractivity contribution is 0.0953. The van der Waals surface area contributed by atoms with Gasteiger partial charge in [-0.15, -0.1) is 0 Å². The monoisotopic (exact) mass is 290 g/mol. The van der Waals surface area contributed by atoms with Gasteiger partial charge in [0.15, 0.2) is 6.33 Å². The van der Waals surface area contributed by atoms with Gasteiger partial charge in [-0.1, -0.05) is 19.0 Å². The number of nitrogen functional groups attached to an aromatic ring is 1. The van der Waals surface area contributed by atoms with Gasteiger partial charge in [0.1, 0.15) is 5.82 Å². The minimum atomic E-state index is -0.199.